The van der Waals surface area contributed by atoms with Gasteiger partial charge in [0.15, 0.2) is 0 Å². The Morgan fingerprint density at radius 1 is 1.17 bits per heavy atom. The number of aryl methyl sites for hydroxylation is 1. The Hall–Kier alpha value is -2.35. The van der Waals surface area contributed by atoms with Crippen molar-refractivity contribution >= 4 is 36.5 Å². The van der Waals surface area contributed by atoms with Gasteiger partial charge in [0.05, 0.1) is 12.5 Å². The van der Waals surface area contributed by atoms with Crippen LogP contribution < -0.4 is 5.32 Å². The number of hydrogen-bond donors (Lipinski definition) is 1. The number of rotatable bonds is 9. The van der Waals surface area contributed by atoms with Gasteiger partial charge in [-0.1, -0.05) is 51.8 Å². The molecule has 3 amide bonds. The average molecular weight is 441 g/mol. The van der Waals surface area contributed by atoms with E-state index in [0.29, 0.717) is 18.4 Å². The van der Waals surface area contributed by atoms with Crippen LogP contribution in [0.1, 0.15) is 62.9 Å². The molecule has 0 aliphatic rings. The standard InChI is InChI=1S/C9H17NO3S.C9H9NO2.C4H10/c1-5-8(14-4)10(6-11)7(2)9(12)13-3;1-7-4-2-3-5-8(7)9(12)10-6-11;1-3-4-2/h6-8H,5H2,1-4H3;2-6H,1H3,(H,10,11,12);3-4H2,1-2H3/t7-,8?;;/m0../s1. The fourth-order valence-corrected chi connectivity index (χ4v) is 2.97. The van der Waals surface area contributed by atoms with Crippen LogP contribution in [0.25, 0.3) is 0 Å². The predicted molar refractivity (Wildman–Crippen MR) is 122 cm³/mol. The van der Waals surface area contributed by atoms with Crippen LogP contribution in [0.2, 0.25) is 0 Å². The zero-order chi connectivity index (χ0) is 23.5. The number of carbonyl (C=O) groups excluding carboxylic acids is 4. The van der Waals surface area contributed by atoms with Gasteiger partial charge in [-0.3, -0.25) is 19.7 Å². The second-order valence-electron chi connectivity index (χ2n) is 6.26. The van der Waals surface area contributed by atoms with Gasteiger partial charge in [-0.2, -0.15) is 0 Å². The summed E-state index contributed by atoms with van der Waals surface area (Å²) < 4.78 is 4.59. The molecule has 8 heteroatoms. The lowest BCUT2D eigenvalue weighted by atomic mass is 10.1. The number of nitrogens with zero attached hydrogens (tertiary/aromatic N) is 1. The molecule has 0 aliphatic carbocycles. The molecule has 1 aromatic rings. The van der Waals surface area contributed by atoms with Gasteiger partial charge in [-0.15, -0.1) is 11.8 Å². The summed E-state index contributed by atoms with van der Waals surface area (Å²) in [5.74, 6) is -0.743. The molecule has 0 fully saturated rings. The van der Waals surface area contributed by atoms with E-state index in [2.05, 4.69) is 23.9 Å². The highest BCUT2D eigenvalue weighted by molar-refractivity contribution is 7.99. The second kappa shape index (κ2) is 18.7. The maximum absolute atomic E-state index is 11.2. The first-order valence-electron chi connectivity index (χ1n) is 9.92. The third-order valence-electron chi connectivity index (χ3n) is 4.14. The summed E-state index contributed by atoms with van der Waals surface area (Å²) in [6.45, 7) is 9.82. The van der Waals surface area contributed by atoms with Gasteiger partial charge in [0.1, 0.15) is 6.04 Å². The van der Waals surface area contributed by atoms with Crippen LogP contribution in [0.15, 0.2) is 24.3 Å². The van der Waals surface area contributed by atoms with E-state index in [9.17, 15) is 19.2 Å². The van der Waals surface area contributed by atoms with Gasteiger partial charge < -0.3 is 9.64 Å². The lowest BCUT2D eigenvalue weighted by Crippen LogP contribution is -2.43. The van der Waals surface area contributed by atoms with E-state index in [-0.39, 0.29) is 17.3 Å². The van der Waals surface area contributed by atoms with E-state index in [0.717, 1.165) is 12.0 Å². The SMILES string of the molecule is CCC(SC)N(C=O)[C@@H](C)C(=O)OC.CCCC.Cc1ccccc1C(=O)NC=O. The molecule has 1 N–H and O–H groups in total. The van der Waals surface area contributed by atoms with Crippen LogP contribution in [0.3, 0.4) is 0 Å². The number of benzene rings is 1. The maximum Gasteiger partial charge on any atom is 0.328 e. The number of carbonyl (C=O) groups is 4. The zero-order valence-electron chi connectivity index (χ0n) is 19.1. The minimum Gasteiger partial charge on any atom is -0.467 e. The topological polar surface area (TPSA) is 92.8 Å². The van der Waals surface area contributed by atoms with Gasteiger partial charge in [-0.25, -0.2) is 4.79 Å². The highest BCUT2D eigenvalue weighted by Gasteiger charge is 2.25. The van der Waals surface area contributed by atoms with Crippen molar-refractivity contribution in [3.8, 4) is 0 Å². The molecule has 30 heavy (non-hydrogen) atoms. The first kappa shape index (κ1) is 29.8. The summed E-state index contributed by atoms with van der Waals surface area (Å²) in [6, 6.07) is 6.57. The largest absolute Gasteiger partial charge is 0.467 e. The molecule has 170 valence electrons. The Morgan fingerprint density at radius 2 is 1.73 bits per heavy atom. The van der Waals surface area contributed by atoms with Crippen molar-refractivity contribution in [3.05, 3.63) is 35.4 Å². The summed E-state index contributed by atoms with van der Waals surface area (Å²) in [7, 11) is 1.32. The Kier molecular flexibility index (Phi) is 18.6. The summed E-state index contributed by atoms with van der Waals surface area (Å²) in [5, 5.41) is 2.11. The highest BCUT2D eigenvalue weighted by atomic mass is 32.2. The number of esters is 1. The van der Waals surface area contributed by atoms with Crippen molar-refractivity contribution in [1.82, 2.24) is 10.2 Å². The maximum atomic E-state index is 11.2. The van der Waals surface area contributed by atoms with E-state index in [1.807, 2.05) is 32.2 Å². The Labute approximate surface area is 184 Å². The number of imide groups is 1. The quantitative estimate of drug-likeness (QED) is 0.357. The predicted octanol–water partition coefficient (Wildman–Crippen LogP) is 3.79. The molecule has 0 aromatic heterocycles. The third-order valence-corrected chi connectivity index (χ3v) is 5.27. The number of unbranched alkanes of at least 4 members (excludes halogenated alkanes) is 1. The number of thioether (sulfide) groups is 1. The number of amides is 3. The molecule has 0 aliphatic heterocycles. The molecule has 0 saturated carbocycles. The Balaban J connectivity index is 0. The molecule has 0 bridgehead atoms. The van der Waals surface area contributed by atoms with Crippen LogP contribution in [0.4, 0.5) is 0 Å². The monoisotopic (exact) mass is 440 g/mol. The molecule has 0 spiro atoms. The summed E-state index contributed by atoms with van der Waals surface area (Å²) in [4.78, 5) is 44.6. The fourth-order valence-electron chi connectivity index (χ4n) is 2.16. The average Bonchev–Trinajstić information content (AvgIpc) is 2.77. The van der Waals surface area contributed by atoms with Crippen molar-refractivity contribution in [1.29, 1.82) is 0 Å². The van der Waals surface area contributed by atoms with Crippen LogP contribution in [0, 0.1) is 6.92 Å². The Morgan fingerprint density at radius 3 is 2.10 bits per heavy atom. The van der Waals surface area contributed by atoms with E-state index in [4.69, 9.17) is 0 Å². The minimum atomic E-state index is -0.519. The molecule has 1 unspecified atom stereocenters. The van der Waals surface area contributed by atoms with Gasteiger partial charge in [0.2, 0.25) is 12.8 Å². The van der Waals surface area contributed by atoms with Gasteiger partial charge in [-0.05, 0) is 38.2 Å². The van der Waals surface area contributed by atoms with Gasteiger partial charge >= 0.3 is 5.97 Å². The smallest absolute Gasteiger partial charge is 0.328 e. The van der Waals surface area contributed by atoms with Crippen molar-refractivity contribution in [2.45, 2.75) is 65.3 Å². The summed E-state index contributed by atoms with van der Waals surface area (Å²) in [6.07, 6.45) is 6.44. The number of hydrogen-bond acceptors (Lipinski definition) is 6. The molecule has 2 atom stereocenters. The lowest BCUT2D eigenvalue weighted by molar-refractivity contribution is -0.149. The zero-order valence-corrected chi connectivity index (χ0v) is 20.0. The molecular weight excluding hydrogens is 404 g/mol. The van der Waals surface area contributed by atoms with E-state index < -0.39 is 6.04 Å². The fraction of sp³-hybridized carbons (Fsp3) is 0.545. The highest BCUT2D eigenvalue weighted by Crippen LogP contribution is 2.17. The second-order valence-corrected chi connectivity index (χ2v) is 7.27. The van der Waals surface area contributed by atoms with Gasteiger partial charge in [0, 0.05) is 5.56 Å². The van der Waals surface area contributed by atoms with Crippen LogP contribution in [-0.2, 0) is 19.1 Å². The van der Waals surface area contributed by atoms with E-state index in [1.54, 1.807) is 30.8 Å². The molecule has 0 radical (unpaired) electrons. The lowest BCUT2D eigenvalue weighted by Gasteiger charge is -2.29. The van der Waals surface area contributed by atoms with Crippen LogP contribution in [-0.4, -0.2) is 54.4 Å². The molecule has 1 aromatic carbocycles. The Bertz CT molecular complexity index is 634. The van der Waals surface area contributed by atoms with Crippen molar-refractivity contribution < 1.29 is 23.9 Å². The van der Waals surface area contributed by atoms with Crippen molar-refractivity contribution in [3.63, 3.8) is 0 Å². The molecule has 7 nitrogen and oxygen atoms in total. The molecule has 0 heterocycles. The van der Waals surface area contributed by atoms with Gasteiger partial charge in [0.25, 0.3) is 5.91 Å². The number of methoxy groups -OCH3 is 1. The normalized spacial score (nSPS) is 11.3. The van der Waals surface area contributed by atoms with Crippen LogP contribution in [0.5, 0.6) is 0 Å². The van der Waals surface area contributed by atoms with E-state index in [1.165, 1.54) is 24.9 Å². The number of ether oxygens (including phenoxy) is 1. The van der Waals surface area contributed by atoms with Crippen LogP contribution >= 0.6 is 11.8 Å². The molecule has 1 rings (SSSR count). The first-order chi connectivity index (χ1) is 14.3. The van der Waals surface area contributed by atoms with E-state index >= 15 is 0 Å². The summed E-state index contributed by atoms with van der Waals surface area (Å²) >= 11 is 1.55. The third kappa shape index (κ3) is 11.6. The summed E-state index contributed by atoms with van der Waals surface area (Å²) in [5.41, 5.74) is 1.39. The first-order valence-corrected chi connectivity index (χ1v) is 11.2. The molecular formula is C22H36N2O5S. The number of nitrogens with one attached hydrogen (secondary N) is 1. The minimum absolute atomic E-state index is 0.0293. The van der Waals surface area contributed by atoms with Crippen molar-refractivity contribution in [2.24, 2.45) is 0 Å². The van der Waals surface area contributed by atoms with Crippen molar-refractivity contribution in [2.75, 3.05) is 13.4 Å². The molecule has 0 saturated heterocycles.